The van der Waals surface area contributed by atoms with E-state index in [1.807, 2.05) is 13.0 Å². The zero-order chi connectivity index (χ0) is 21.2. The molecule has 0 bridgehead atoms. The van der Waals surface area contributed by atoms with Crippen LogP contribution in [-0.2, 0) is 11.3 Å². The summed E-state index contributed by atoms with van der Waals surface area (Å²) in [6.45, 7) is 3.49. The lowest BCUT2D eigenvalue weighted by atomic mass is 9.83. The van der Waals surface area contributed by atoms with Gasteiger partial charge in [0, 0.05) is 33.4 Å². The molecule has 1 aromatic carbocycles. The molecule has 0 spiro atoms. The van der Waals surface area contributed by atoms with E-state index in [0.717, 1.165) is 31.7 Å². The Morgan fingerprint density at radius 3 is 2.62 bits per heavy atom. The van der Waals surface area contributed by atoms with Gasteiger partial charge in [0.05, 0.1) is 0 Å². The van der Waals surface area contributed by atoms with Gasteiger partial charge in [-0.15, -0.1) is 0 Å². The molecule has 0 amide bonds. The van der Waals surface area contributed by atoms with E-state index in [9.17, 15) is 13.2 Å². The molecule has 1 aliphatic rings. The number of rotatable bonds is 10. The van der Waals surface area contributed by atoms with Gasteiger partial charge in [-0.1, -0.05) is 25.0 Å². The average molecular weight is 416 g/mol. The van der Waals surface area contributed by atoms with Gasteiger partial charge in [-0.2, -0.15) is 13.2 Å². The molecule has 5 nitrogen and oxygen atoms in total. The van der Waals surface area contributed by atoms with Gasteiger partial charge in [-0.05, 0) is 49.3 Å². The van der Waals surface area contributed by atoms with Gasteiger partial charge in [-0.3, -0.25) is 4.99 Å². The number of nitrogens with one attached hydrogen (secondary N) is 2. The van der Waals surface area contributed by atoms with Crippen molar-refractivity contribution in [2.75, 3.05) is 33.4 Å². The first kappa shape index (κ1) is 23.3. The third-order valence-electron chi connectivity index (χ3n) is 5.26. The van der Waals surface area contributed by atoms with Crippen LogP contribution in [0, 0.1) is 5.41 Å². The molecule has 0 saturated heterocycles. The quantitative estimate of drug-likeness (QED) is 0.340. The molecule has 0 aromatic heterocycles. The first-order chi connectivity index (χ1) is 13.9. The van der Waals surface area contributed by atoms with E-state index in [1.165, 1.54) is 31.7 Å². The van der Waals surface area contributed by atoms with Crippen LogP contribution in [0.25, 0.3) is 0 Å². The van der Waals surface area contributed by atoms with Gasteiger partial charge in [0.2, 0.25) is 0 Å². The van der Waals surface area contributed by atoms with E-state index in [4.69, 9.17) is 9.47 Å². The van der Waals surface area contributed by atoms with Crippen molar-refractivity contribution >= 4 is 5.96 Å². The van der Waals surface area contributed by atoms with Gasteiger partial charge in [0.1, 0.15) is 5.75 Å². The fraction of sp³-hybridized carbons (Fsp3) is 0.667. The Morgan fingerprint density at radius 1 is 1.21 bits per heavy atom. The highest BCUT2D eigenvalue weighted by Gasteiger charge is 2.33. The summed E-state index contributed by atoms with van der Waals surface area (Å²) >= 11 is 0. The van der Waals surface area contributed by atoms with E-state index < -0.39 is 12.8 Å². The Bertz CT molecular complexity index is 644. The average Bonchev–Trinajstić information content (AvgIpc) is 3.16. The number of guanidine groups is 1. The Morgan fingerprint density at radius 2 is 1.97 bits per heavy atom. The van der Waals surface area contributed by atoms with Crippen LogP contribution in [0.4, 0.5) is 13.2 Å². The summed E-state index contributed by atoms with van der Waals surface area (Å²) in [6, 6.07) is 6.64. The monoisotopic (exact) mass is 415 g/mol. The van der Waals surface area contributed by atoms with Gasteiger partial charge >= 0.3 is 6.18 Å². The molecule has 0 radical (unpaired) electrons. The van der Waals surface area contributed by atoms with Gasteiger partial charge in [0.25, 0.3) is 0 Å². The summed E-state index contributed by atoms with van der Waals surface area (Å²) in [5.41, 5.74) is 1.05. The number of halogens is 3. The van der Waals surface area contributed by atoms with Crippen molar-refractivity contribution in [3.05, 3.63) is 29.8 Å². The van der Waals surface area contributed by atoms with E-state index in [-0.39, 0.29) is 11.2 Å². The van der Waals surface area contributed by atoms with E-state index >= 15 is 0 Å². The Balaban J connectivity index is 1.84. The smallest absolute Gasteiger partial charge is 0.422 e. The van der Waals surface area contributed by atoms with Crippen LogP contribution in [0.5, 0.6) is 5.75 Å². The standard InChI is InChI=1S/C21H32F3N3O2/c1-3-28-12-11-20(9-4-5-10-20)15-27-19(25-2)26-14-17-7-6-8-18(13-17)29-16-21(22,23)24/h6-8,13H,3-5,9-12,14-16H2,1-2H3,(H2,25,26,27). The zero-order valence-electron chi connectivity index (χ0n) is 17.3. The van der Waals surface area contributed by atoms with Gasteiger partial charge in [0.15, 0.2) is 12.6 Å². The lowest BCUT2D eigenvalue weighted by molar-refractivity contribution is -0.153. The van der Waals surface area contributed by atoms with Crippen molar-refractivity contribution in [3.8, 4) is 5.75 Å². The SMILES string of the molecule is CCOCCC1(CNC(=NC)NCc2cccc(OCC(F)(F)F)c2)CCCC1. The molecule has 0 unspecified atom stereocenters. The molecule has 1 fully saturated rings. The molecule has 164 valence electrons. The summed E-state index contributed by atoms with van der Waals surface area (Å²) in [7, 11) is 1.71. The Labute approximate surface area is 171 Å². The maximum atomic E-state index is 12.3. The first-order valence-corrected chi connectivity index (χ1v) is 10.2. The van der Waals surface area contributed by atoms with Crippen LogP contribution in [0.15, 0.2) is 29.3 Å². The number of hydrogen-bond acceptors (Lipinski definition) is 3. The first-order valence-electron chi connectivity index (χ1n) is 10.2. The molecular weight excluding hydrogens is 383 g/mol. The third kappa shape index (κ3) is 8.51. The van der Waals surface area contributed by atoms with Crippen molar-refractivity contribution in [3.63, 3.8) is 0 Å². The van der Waals surface area contributed by atoms with Gasteiger partial charge < -0.3 is 20.1 Å². The number of benzene rings is 1. The zero-order valence-corrected chi connectivity index (χ0v) is 17.3. The van der Waals surface area contributed by atoms with Crippen molar-refractivity contribution < 1.29 is 22.6 Å². The summed E-state index contributed by atoms with van der Waals surface area (Å²) in [5, 5.41) is 6.64. The molecule has 1 saturated carbocycles. The molecule has 2 rings (SSSR count). The van der Waals surface area contributed by atoms with Crippen molar-refractivity contribution in [1.82, 2.24) is 10.6 Å². The third-order valence-corrected chi connectivity index (χ3v) is 5.26. The van der Waals surface area contributed by atoms with Crippen LogP contribution in [0.1, 0.15) is 44.6 Å². The number of ether oxygens (including phenoxy) is 2. The van der Waals surface area contributed by atoms with Crippen LogP contribution in [0.3, 0.4) is 0 Å². The summed E-state index contributed by atoms with van der Waals surface area (Å²) in [6.07, 6.45) is 1.53. The topological polar surface area (TPSA) is 54.9 Å². The van der Waals surface area contributed by atoms with Crippen LogP contribution >= 0.6 is 0 Å². The maximum absolute atomic E-state index is 12.3. The Hall–Kier alpha value is -1.96. The second kappa shape index (κ2) is 11.3. The predicted octanol–water partition coefficient (Wildman–Crippen LogP) is 4.28. The molecule has 1 aromatic rings. The largest absolute Gasteiger partial charge is 0.484 e. The molecular formula is C21H32F3N3O2. The Kier molecular flexibility index (Phi) is 9.07. The van der Waals surface area contributed by atoms with Gasteiger partial charge in [-0.25, -0.2) is 0 Å². The van der Waals surface area contributed by atoms with Crippen molar-refractivity contribution in [2.24, 2.45) is 10.4 Å². The van der Waals surface area contributed by atoms with E-state index in [1.54, 1.807) is 19.2 Å². The molecule has 0 heterocycles. The summed E-state index contributed by atoms with van der Waals surface area (Å²) in [5.74, 6) is 0.875. The normalized spacial score (nSPS) is 16.7. The predicted molar refractivity (Wildman–Crippen MR) is 108 cm³/mol. The fourth-order valence-electron chi connectivity index (χ4n) is 3.66. The summed E-state index contributed by atoms with van der Waals surface area (Å²) in [4.78, 5) is 4.27. The highest BCUT2D eigenvalue weighted by Crippen LogP contribution is 2.40. The lowest BCUT2D eigenvalue weighted by Gasteiger charge is -2.30. The second-order valence-corrected chi connectivity index (χ2v) is 7.48. The fourth-order valence-corrected chi connectivity index (χ4v) is 3.66. The van der Waals surface area contributed by atoms with Crippen LogP contribution < -0.4 is 15.4 Å². The lowest BCUT2D eigenvalue weighted by Crippen LogP contribution is -2.43. The summed E-state index contributed by atoms with van der Waals surface area (Å²) < 4.78 is 47.3. The van der Waals surface area contributed by atoms with E-state index in [0.29, 0.717) is 12.5 Å². The van der Waals surface area contributed by atoms with E-state index in [2.05, 4.69) is 15.6 Å². The number of alkyl halides is 3. The molecule has 1 aliphatic carbocycles. The van der Waals surface area contributed by atoms with Crippen molar-refractivity contribution in [2.45, 2.75) is 51.7 Å². The second-order valence-electron chi connectivity index (χ2n) is 7.48. The van der Waals surface area contributed by atoms with Crippen LogP contribution in [-0.4, -0.2) is 45.5 Å². The highest BCUT2D eigenvalue weighted by molar-refractivity contribution is 5.79. The van der Waals surface area contributed by atoms with Crippen molar-refractivity contribution in [1.29, 1.82) is 0 Å². The molecule has 0 aliphatic heterocycles. The van der Waals surface area contributed by atoms with Crippen LogP contribution in [0.2, 0.25) is 0 Å². The highest BCUT2D eigenvalue weighted by atomic mass is 19.4. The molecule has 0 atom stereocenters. The maximum Gasteiger partial charge on any atom is 0.422 e. The number of aliphatic imine (C=N–C) groups is 1. The minimum absolute atomic E-state index is 0.199. The number of nitrogens with zero attached hydrogens (tertiary/aromatic N) is 1. The molecule has 2 N–H and O–H groups in total. The minimum atomic E-state index is -4.35. The molecule has 8 heteroatoms. The minimum Gasteiger partial charge on any atom is -0.484 e. The molecule has 29 heavy (non-hydrogen) atoms. The number of hydrogen-bond donors (Lipinski definition) is 2.